The Bertz CT molecular complexity index is 616. The minimum Gasteiger partial charge on any atom is -0.453 e. The molecule has 0 bridgehead atoms. The van der Waals surface area contributed by atoms with E-state index in [4.69, 9.17) is 0 Å². The summed E-state index contributed by atoms with van der Waals surface area (Å²) in [7, 11) is 1.19. The normalized spacial score (nSPS) is 22.2. The van der Waals surface area contributed by atoms with Gasteiger partial charge in [-0.05, 0) is 37.5 Å². The van der Waals surface area contributed by atoms with Gasteiger partial charge in [-0.25, -0.2) is 9.18 Å². The summed E-state index contributed by atoms with van der Waals surface area (Å²) >= 11 is 0. The fraction of sp³-hybridized carbons (Fsp3) is 0.438. The van der Waals surface area contributed by atoms with Crippen LogP contribution in [0.3, 0.4) is 0 Å². The number of hydrogen-bond donors (Lipinski definition) is 1. The number of carbonyl (C=O) groups is 3. The van der Waals surface area contributed by atoms with Crippen molar-refractivity contribution in [3.05, 3.63) is 35.6 Å². The van der Waals surface area contributed by atoms with E-state index in [0.29, 0.717) is 18.4 Å². The van der Waals surface area contributed by atoms with Crippen LogP contribution in [0.25, 0.3) is 0 Å². The molecule has 0 aromatic heterocycles. The summed E-state index contributed by atoms with van der Waals surface area (Å²) in [5.74, 6) is -1.07. The second-order valence-corrected chi connectivity index (χ2v) is 5.43. The molecule has 1 fully saturated rings. The maximum absolute atomic E-state index is 13.5. The van der Waals surface area contributed by atoms with Gasteiger partial charge in [0.2, 0.25) is 0 Å². The molecular formula is C16H18FNO4. The Morgan fingerprint density at radius 1 is 1.41 bits per heavy atom. The van der Waals surface area contributed by atoms with E-state index in [9.17, 15) is 18.8 Å². The van der Waals surface area contributed by atoms with Gasteiger partial charge in [0, 0.05) is 6.42 Å². The monoisotopic (exact) mass is 307 g/mol. The maximum Gasteiger partial charge on any atom is 0.407 e. The predicted octanol–water partition coefficient (Wildman–Crippen LogP) is 2.55. The summed E-state index contributed by atoms with van der Waals surface area (Å²) < 4.78 is 18.1. The van der Waals surface area contributed by atoms with Crippen molar-refractivity contribution < 1.29 is 23.5 Å². The zero-order valence-corrected chi connectivity index (χ0v) is 12.5. The van der Waals surface area contributed by atoms with Crippen LogP contribution in [-0.2, 0) is 14.3 Å². The molecule has 2 rings (SSSR count). The van der Waals surface area contributed by atoms with Crippen molar-refractivity contribution in [2.24, 2.45) is 5.41 Å². The summed E-state index contributed by atoms with van der Waals surface area (Å²) in [4.78, 5) is 36.3. The fourth-order valence-corrected chi connectivity index (χ4v) is 3.13. The van der Waals surface area contributed by atoms with Crippen molar-refractivity contribution in [2.75, 3.05) is 7.11 Å². The van der Waals surface area contributed by atoms with Gasteiger partial charge < -0.3 is 10.1 Å². The van der Waals surface area contributed by atoms with Crippen molar-refractivity contribution in [3.63, 3.8) is 0 Å². The van der Waals surface area contributed by atoms with Crippen LogP contribution in [-0.4, -0.2) is 24.8 Å². The SMILES string of the molecule is COC(=O)N[C@@H](c1cccc(F)c1)[C@]1(C(C)=O)CCCC1=O. The van der Waals surface area contributed by atoms with Gasteiger partial charge >= 0.3 is 6.09 Å². The molecule has 0 radical (unpaired) electrons. The minimum atomic E-state index is -1.36. The Hall–Kier alpha value is -2.24. The first kappa shape index (κ1) is 16.1. The zero-order valence-electron chi connectivity index (χ0n) is 12.5. The first-order valence-electron chi connectivity index (χ1n) is 7.06. The standard InChI is InChI=1S/C16H18FNO4/c1-10(19)16(8-4-7-13(16)20)14(18-15(21)22-2)11-5-3-6-12(17)9-11/h3,5-6,9,14H,4,7-8H2,1-2H3,(H,18,21)/t14-,16-/m0/s1. The molecule has 5 nitrogen and oxygen atoms in total. The third-order valence-corrected chi connectivity index (χ3v) is 4.22. The lowest BCUT2D eigenvalue weighted by atomic mass is 9.72. The topological polar surface area (TPSA) is 72.5 Å². The highest BCUT2D eigenvalue weighted by Gasteiger charge is 2.53. The molecule has 22 heavy (non-hydrogen) atoms. The summed E-state index contributed by atoms with van der Waals surface area (Å²) in [5.41, 5.74) is -0.988. The van der Waals surface area contributed by atoms with Gasteiger partial charge in [0.15, 0.2) is 0 Å². The van der Waals surface area contributed by atoms with Gasteiger partial charge in [-0.2, -0.15) is 0 Å². The molecule has 0 heterocycles. The first-order chi connectivity index (χ1) is 10.4. The number of alkyl carbamates (subject to hydrolysis) is 1. The second kappa shape index (κ2) is 6.25. The van der Waals surface area contributed by atoms with Crippen LogP contribution in [0.15, 0.2) is 24.3 Å². The van der Waals surface area contributed by atoms with E-state index in [1.165, 1.54) is 32.2 Å². The van der Waals surface area contributed by atoms with E-state index in [0.717, 1.165) is 0 Å². The van der Waals surface area contributed by atoms with Gasteiger partial charge in [-0.3, -0.25) is 9.59 Å². The Balaban J connectivity index is 2.54. The average molecular weight is 307 g/mol. The molecule has 0 unspecified atom stereocenters. The predicted molar refractivity (Wildman–Crippen MR) is 76.7 cm³/mol. The molecule has 0 aliphatic heterocycles. The van der Waals surface area contributed by atoms with Crippen molar-refractivity contribution in [3.8, 4) is 0 Å². The number of Topliss-reactive ketones (excluding diaryl/α,β-unsaturated/α-hetero) is 2. The maximum atomic E-state index is 13.5. The van der Waals surface area contributed by atoms with Crippen LogP contribution < -0.4 is 5.32 Å². The third kappa shape index (κ3) is 2.73. The number of ketones is 2. The molecule has 1 aliphatic rings. The lowest BCUT2D eigenvalue weighted by molar-refractivity contribution is -0.139. The molecule has 118 valence electrons. The number of ether oxygens (including phenoxy) is 1. The number of rotatable bonds is 4. The summed E-state index contributed by atoms with van der Waals surface area (Å²) in [6.07, 6.45) is 0.391. The zero-order chi connectivity index (χ0) is 16.3. The van der Waals surface area contributed by atoms with Crippen LogP contribution in [0.5, 0.6) is 0 Å². The van der Waals surface area contributed by atoms with Crippen LogP contribution in [0.1, 0.15) is 37.8 Å². The lowest BCUT2D eigenvalue weighted by Crippen LogP contribution is -2.47. The molecule has 0 saturated heterocycles. The second-order valence-electron chi connectivity index (χ2n) is 5.43. The molecular weight excluding hydrogens is 289 g/mol. The largest absolute Gasteiger partial charge is 0.453 e. The van der Waals surface area contributed by atoms with E-state index in [-0.39, 0.29) is 18.0 Å². The van der Waals surface area contributed by atoms with E-state index < -0.39 is 23.4 Å². The highest BCUT2D eigenvalue weighted by Crippen LogP contribution is 2.46. The van der Waals surface area contributed by atoms with Gasteiger partial charge in [0.1, 0.15) is 22.8 Å². The molecule has 2 atom stereocenters. The summed E-state index contributed by atoms with van der Waals surface area (Å²) in [6, 6.07) is 4.60. The van der Waals surface area contributed by atoms with Crippen molar-refractivity contribution in [1.29, 1.82) is 0 Å². The molecule has 6 heteroatoms. The van der Waals surface area contributed by atoms with Crippen LogP contribution in [0, 0.1) is 11.2 Å². The Labute approximate surface area is 127 Å². The molecule has 1 saturated carbocycles. The number of nitrogens with one attached hydrogen (secondary N) is 1. The van der Waals surface area contributed by atoms with Crippen LogP contribution >= 0.6 is 0 Å². The van der Waals surface area contributed by atoms with Gasteiger partial charge in [0.25, 0.3) is 0 Å². The highest BCUT2D eigenvalue weighted by molar-refractivity contribution is 6.08. The van der Waals surface area contributed by atoms with Crippen molar-refractivity contribution >= 4 is 17.7 Å². The van der Waals surface area contributed by atoms with Gasteiger partial charge in [-0.1, -0.05) is 12.1 Å². The third-order valence-electron chi connectivity index (χ3n) is 4.22. The molecule has 1 N–H and O–H groups in total. The van der Waals surface area contributed by atoms with Crippen LogP contribution in [0.2, 0.25) is 0 Å². The first-order valence-corrected chi connectivity index (χ1v) is 7.06. The Morgan fingerprint density at radius 2 is 2.14 bits per heavy atom. The number of benzene rings is 1. The number of hydrogen-bond acceptors (Lipinski definition) is 4. The van der Waals surface area contributed by atoms with Crippen molar-refractivity contribution in [1.82, 2.24) is 5.32 Å². The van der Waals surface area contributed by atoms with Crippen LogP contribution in [0.4, 0.5) is 9.18 Å². The van der Waals surface area contributed by atoms with E-state index in [2.05, 4.69) is 10.1 Å². The summed E-state index contributed by atoms with van der Waals surface area (Å²) in [6.45, 7) is 1.33. The van der Waals surface area contributed by atoms with Gasteiger partial charge in [0.05, 0.1) is 13.2 Å². The molecule has 1 aromatic carbocycles. The highest BCUT2D eigenvalue weighted by atomic mass is 19.1. The number of halogens is 1. The Morgan fingerprint density at radius 3 is 2.64 bits per heavy atom. The van der Waals surface area contributed by atoms with E-state index in [1.54, 1.807) is 6.07 Å². The quantitative estimate of drug-likeness (QED) is 0.868. The molecule has 1 aromatic rings. The van der Waals surface area contributed by atoms with Crippen molar-refractivity contribution in [2.45, 2.75) is 32.2 Å². The smallest absolute Gasteiger partial charge is 0.407 e. The summed E-state index contributed by atoms with van der Waals surface area (Å²) in [5, 5.41) is 2.54. The van der Waals surface area contributed by atoms with E-state index >= 15 is 0 Å². The lowest BCUT2D eigenvalue weighted by Gasteiger charge is -2.34. The van der Waals surface area contributed by atoms with Gasteiger partial charge in [-0.15, -0.1) is 0 Å². The number of carbonyl (C=O) groups excluding carboxylic acids is 3. The average Bonchev–Trinajstić information content (AvgIpc) is 2.87. The number of amides is 1. The molecule has 0 spiro atoms. The molecule has 1 aliphatic carbocycles. The minimum absolute atomic E-state index is 0.231. The fourth-order valence-electron chi connectivity index (χ4n) is 3.13. The Kier molecular flexibility index (Phi) is 4.59. The molecule has 1 amide bonds. The number of methoxy groups -OCH3 is 1. The van der Waals surface area contributed by atoms with E-state index in [1.807, 2.05) is 0 Å².